The van der Waals surface area contributed by atoms with Crippen LogP contribution < -0.4 is 10.6 Å². The van der Waals surface area contributed by atoms with E-state index >= 15 is 0 Å². The van der Waals surface area contributed by atoms with Gasteiger partial charge in [-0.3, -0.25) is 9.35 Å². The Kier molecular flexibility index (Phi) is 7.98. The first kappa shape index (κ1) is 22.6. The molecule has 0 aliphatic carbocycles. The van der Waals surface area contributed by atoms with E-state index in [9.17, 15) is 22.8 Å². The number of carbonyl (C=O) groups excluding carboxylic acids is 3. The van der Waals surface area contributed by atoms with Crippen LogP contribution in [0.1, 0.15) is 27.7 Å². The molecule has 0 bridgehead atoms. The highest BCUT2D eigenvalue weighted by atomic mass is 32.2. The van der Waals surface area contributed by atoms with Crippen LogP contribution in [-0.2, 0) is 34.0 Å². The number of nitrogens with one attached hydrogen (secondary N) is 2. The summed E-state index contributed by atoms with van der Waals surface area (Å²) in [7, 11) is -4.28. The van der Waals surface area contributed by atoms with Gasteiger partial charge in [0.2, 0.25) is 5.91 Å². The van der Waals surface area contributed by atoms with Gasteiger partial charge in [0.1, 0.15) is 5.92 Å². The molecule has 0 saturated carbocycles. The maximum Gasteiger partial charge on any atom is 0.336 e. The summed E-state index contributed by atoms with van der Waals surface area (Å²) >= 11 is 0. The molecule has 152 valence electrons. The van der Waals surface area contributed by atoms with E-state index in [0.29, 0.717) is 11.4 Å². The number of carbonyl (C=O) groups is 3. The first-order valence-corrected chi connectivity index (χ1v) is 9.90. The SMILES string of the molecule is CCOC(=O)C1=C(C)NC(C)=C(C(=O)OCC)C1C(=O)NCCS(=O)(=O)O. The van der Waals surface area contributed by atoms with Gasteiger partial charge in [0.25, 0.3) is 10.1 Å². The van der Waals surface area contributed by atoms with Crippen molar-refractivity contribution in [2.24, 2.45) is 5.92 Å². The van der Waals surface area contributed by atoms with E-state index in [-0.39, 0.29) is 24.4 Å². The molecule has 11 heteroatoms. The second-order valence-electron chi connectivity index (χ2n) is 5.65. The molecule has 1 rings (SSSR count). The summed E-state index contributed by atoms with van der Waals surface area (Å²) < 4.78 is 40.4. The normalized spacial score (nSPS) is 15.3. The van der Waals surface area contributed by atoms with Crippen LogP contribution in [0.3, 0.4) is 0 Å². The van der Waals surface area contributed by atoms with Crippen molar-refractivity contribution in [1.29, 1.82) is 0 Å². The number of esters is 2. The summed E-state index contributed by atoms with van der Waals surface area (Å²) in [4.78, 5) is 37.5. The van der Waals surface area contributed by atoms with Gasteiger partial charge in [-0.25, -0.2) is 9.59 Å². The van der Waals surface area contributed by atoms with Crippen LogP contribution in [0.15, 0.2) is 22.5 Å². The molecule has 10 nitrogen and oxygen atoms in total. The zero-order valence-corrected chi connectivity index (χ0v) is 16.4. The van der Waals surface area contributed by atoms with Gasteiger partial charge >= 0.3 is 11.9 Å². The number of hydrogen-bond donors (Lipinski definition) is 3. The fourth-order valence-electron chi connectivity index (χ4n) is 2.62. The third-order valence-electron chi connectivity index (χ3n) is 3.67. The maximum atomic E-state index is 12.7. The van der Waals surface area contributed by atoms with Crippen molar-refractivity contribution in [1.82, 2.24) is 10.6 Å². The van der Waals surface area contributed by atoms with Crippen molar-refractivity contribution in [2.75, 3.05) is 25.5 Å². The second kappa shape index (κ2) is 9.51. The molecular weight excluding hydrogens is 380 g/mol. The lowest BCUT2D eigenvalue weighted by molar-refractivity contribution is -0.142. The van der Waals surface area contributed by atoms with E-state index in [2.05, 4.69) is 10.6 Å². The summed E-state index contributed by atoms with van der Waals surface area (Å²) in [6, 6.07) is 0. The fourth-order valence-corrected chi connectivity index (χ4v) is 2.98. The summed E-state index contributed by atoms with van der Waals surface area (Å²) in [6.07, 6.45) is 0. The van der Waals surface area contributed by atoms with Crippen molar-refractivity contribution in [3.8, 4) is 0 Å². The minimum Gasteiger partial charge on any atom is -0.463 e. The van der Waals surface area contributed by atoms with Crippen LogP contribution in [0, 0.1) is 5.92 Å². The van der Waals surface area contributed by atoms with Crippen LogP contribution in [0.25, 0.3) is 0 Å². The van der Waals surface area contributed by atoms with Gasteiger partial charge in [-0.15, -0.1) is 0 Å². The van der Waals surface area contributed by atoms with Gasteiger partial charge < -0.3 is 20.1 Å². The topological polar surface area (TPSA) is 148 Å². The lowest BCUT2D eigenvalue weighted by Crippen LogP contribution is -2.43. The predicted octanol–water partition coefficient (Wildman–Crippen LogP) is -0.116. The standard InChI is InChI=1S/C16H24N2O8S/c1-5-25-15(20)11-9(3)18-10(4)12(16(21)26-6-2)13(11)14(19)17-7-8-27(22,23)24/h13,18H,5-8H2,1-4H3,(H,17,19)(H,22,23,24). The van der Waals surface area contributed by atoms with E-state index in [0.717, 1.165) is 0 Å². The van der Waals surface area contributed by atoms with Crippen LogP contribution in [0.2, 0.25) is 0 Å². The zero-order valence-electron chi connectivity index (χ0n) is 15.6. The van der Waals surface area contributed by atoms with Crippen molar-refractivity contribution in [3.05, 3.63) is 22.5 Å². The number of rotatable bonds is 8. The largest absolute Gasteiger partial charge is 0.463 e. The number of amides is 1. The Bertz CT molecular complexity index is 742. The van der Waals surface area contributed by atoms with E-state index in [1.807, 2.05) is 0 Å². The Morgan fingerprint density at radius 2 is 1.48 bits per heavy atom. The summed E-state index contributed by atoms with van der Waals surface area (Å²) in [5, 5.41) is 5.18. The average Bonchev–Trinajstić information content (AvgIpc) is 2.52. The number of dihydropyridines is 1. The molecule has 1 aliphatic heterocycles. The first-order chi connectivity index (χ1) is 12.5. The molecule has 0 unspecified atom stereocenters. The average molecular weight is 404 g/mol. The van der Waals surface area contributed by atoms with Crippen molar-refractivity contribution >= 4 is 28.0 Å². The molecule has 1 heterocycles. The van der Waals surface area contributed by atoms with Gasteiger partial charge in [-0.1, -0.05) is 0 Å². The fraction of sp³-hybridized carbons (Fsp3) is 0.562. The predicted molar refractivity (Wildman–Crippen MR) is 94.7 cm³/mol. The quantitative estimate of drug-likeness (QED) is 0.372. The van der Waals surface area contributed by atoms with Gasteiger partial charge in [0.05, 0.1) is 30.1 Å². The molecule has 27 heavy (non-hydrogen) atoms. The molecule has 0 aromatic heterocycles. The molecule has 0 aromatic carbocycles. The van der Waals surface area contributed by atoms with E-state index in [1.165, 1.54) is 0 Å². The van der Waals surface area contributed by atoms with E-state index in [4.69, 9.17) is 14.0 Å². The third-order valence-corrected chi connectivity index (χ3v) is 4.39. The van der Waals surface area contributed by atoms with Crippen LogP contribution >= 0.6 is 0 Å². The Labute approximate surface area is 157 Å². The summed E-state index contributed by atoms with van der Waals surface area (Å²) in [6.45, 7) is 6.02. The molecule has 0 fully saturated rings. The minimum absolute atomic E-state index is 0.0597. The van der Waals surface area contributed by atoms with E-state index in [1.54, 1.807) is 27.7 Å². The number of ether oxygens (including phenoxy) is 2. The lowest BCUT2D eigenvalue weighted by atomic mass is 9.84. The van der Waals surface area contributed by atoms with E-state index < -0.39 is 46.2 Å². The first-order valence-electron chi connectivity index (χ1n) is 8.29. The highest BCUT2D eigenvalue weighted by Gasteiger charge is 2.41. The molecule has 1 aliphatic rings. The molecule has 0 aromatic rings. The number of allylic oxidation sites excluding steroid dienone is 2. The molecule has 0 saturated heterocycles. The highest BCUT2D eigenvalue weighted by molar-refractivity contribution is 7.85. The van der Waals surface area contributed by atoms with Crippen molar-refractivity contribution in [2.45, 2.75) is 27.7 Å². The van der Waals surface area contributed by atoms with Gasteiger partial charge in [-0.2, -0.15) is 8.42 Å². The summed E-state index contributed by atoms with van der Waals surface area (Å²) in [5.41, 5.74) is 0.507. The zero-order chi connectivity index (χ0) is 20.8. The molecule has 3 N–H and O–H groups in total. The van der Waals surface area contributed by atoms with Crippen molar-refractivity contribution < 1.29 is 36.8 Å². The molecule has 1 amide bonds. The Balaban J connectivity index is 3.29. The van der Waals surface area contributed by atoms with Crippen molar-refractivity contribution in [3.63, 3.8) is 0 Å². The Hall–Kier alpha value is -2.40. The van der Waals surface area contributed by atoms with Gasteiger partial charge in [0, 0.05) is 17.9 Å². The van der Waals surface area contributed by atoms with Crippen LogP contribution in [-0.4, -0.2) is 56.3 Å². The summed E-state index contributed by atoms with van der Waals surface area (Å²) in [5.74, 6) is -4.41. The Morgan fingerprint density at radius 3 is 1.85 bits per heavy atom. The monoisotopic (exact) mass is 404 g/mol. The second-order valence-corrected chi connectivity index (χ2v) is 7.23. The minimum atomic E-state index is -4.28. The Morgan fingerprint density at radius 1 is 1.04 bits per heavy atom. The lowest BCUT2D eigenvalue weighted by Gasteiger charge is -2.29. The smallest absolute Gasteiger partial charge is 0.336 e. The third kappa shape index (κ3) is 6.07. The van der Waals surface area contributed by atoms with Gasteiger partial charge in [-0.05, 0) is 27.7 Å². The molecular formula is C16H24N2O8S. The van der Waals surface area contributed by atoms with Gasteiger partial charge in [0.15, 0.2) is 0 Å². The molecule has 0 spiro atoms. The number of hydrogen-bond acceptors (Lipinski definition) is 8. The molecule has 0 radical (unpaired) electrons. The molecule has 0 atom stereocenters. The van der Waals surface area contributed by atoms with Crippen LogP contribution in [0.4, 0.5) is 0 Å². The maximum absolute atomic E-state index is 12.7. The van der Waals surface area contributed by atoms with Crippen LogP contribution in [0.5, 0.6) is 0 Å². The highest BCUT2D eigenvalue weighted by Crippen LogP contribution is 2.31.